The second kappa shape index (κ2) is 5.21. The molecule has 1 aromatic heterocycles. The van der Waals surface area contributed by atoms with E-state index < -0.39 is 5.97 Å². The third-order valence-corrected chi connectivity index (χ3v) is 4.07. The minimum atomic E-state index is -0.439. The number of carbonyl (C=O) groups is 2. The normalized spacial score (nSPS) is 14.5. The Bertz CT molecular complexity index is 518. The monoisotopic (exact) mass is 282 g/mol. The van der Waals surface area contributed by atoms with Crippen molar-refractivity contribution < 1.29 is 14.3 Å². The summed E-state index contributed by atoms with van der Waals surface area (Å²) in [6.07, 6.45) is 2.02. The zero-order valence-corrected chi connectivity index (χ0v) is 12.1. The molecule has 0 atom stereocenters. The van der Waals surface area contributed by atoms with Crippen molar-refractivity contribution >= 4 is 28.2 Å². The summed E-state index contributed by atoms with van der Waals surface area (Å²) in [5.41, 5.74) is 7.04. The van der Waals surface area contributed by atoms with Crippen molar-refractivity contribution in [3.63, 3.8) is 0 Å². The van der Waals surface area contributed by atoms with Gasteiger partial charge in [0.1, 0.15) is 4.88 Å². The summed E-state index contributed by atoms with van der Waals surface area (Å²) < 4.78 is 4.75. The topological polar surface area (TPSA) is 81.4 Å². The molecule has 0 radical (unpaired) electrons. The SMILES string of the molecule is COC(=O)c1sc(N)c(C(=O)NC2CC2)c1C(C)C. The lowest BCUT2D eigenvalue weighted by molar-refractivity contribution is 0.0605. The quantitative estimate of drug-likeness (QED) is 0.829. The summed E-state index contributed by atoms with van der Waals surface area (Å²) in [4.78, 5) is 24.4. The number of nitrogens with two attached hydrogens (primary N) is 1. The fourth-order valence-corrected chi connectivity index (χ4v) is 3.12. The first-order valence-corrected chi connectivity index (χ1v) is 7.08. The Morgan fingerprint density at radius 2 is 2.05 bits per heavy atom. The summed E-state index contributed by atoms with van der Waals surface area (Å²) in [5, 5.41) is 3.29. The van der Waals surface area contributed by atoms with E-state index in [0.29, 0.717) is 21.0 Å². The lowest BCUT2D eigenvalue weighted by Gasteiger charge is -2.10. The van der Waals surface area contributed by atoms with E-state index in [-0.39, 0.29) is 17.9 Å². The summed E-state index contributed by atoms with van der Waals surface area (Å²) in [7, 11) is 1.33. The molecule has 0 unspecified atom stereocenters. The minimum Gasteiger partial charge on any atom is -0.465 e. The molecule has 2 rings (SSSR count). The van der Waals surface area contributed by atoms with E-state index >= 15 is 0 Å². The van der Waals surface area contributed by atoms with Crippen LogP contribution in [0.3, 0.4) is 0 Å². The van der Waals surface area contributed by atoms with Crippen LogP contribution in [0.1, 0.15) is 58.2 Å². The summed E-state index contributed by atoms with van der Waals surface area (Å²) in [6, 6.07) is 0.258. The van der Waals surface area contributed by atoms with Crippen LogP contribution in [0.2, 0.25) is 0 Å². The van der Waals surface area contributed by atoms with Crippen LogP contribution in [0, 0.1) is 0 Å². The third kappa shape index (κ3) is 2.73. The third-order valence-electron chi connectivity index (χ3n) is 3.06. The molecule has 1 fully saturated rings. The van der Waals surface area contributed by atoms with Crippen molar-refractivity contribution in [3.05, 3.63) is 16.0 Å². The fourth-order valence-electron chi connectivity index (χ4n) is 1.98. The molecule has 0 saturated heterocycles. The van der Waals surface area contributed by atoms with Crippen molar-refractivity contribution in [3.8, 4) is 0 Å². The van der Waals surface area contributed by atoms with Crippen LogP contribution in [-0.4, -0.2) is 25.0 Å². The molecule has 0 bridgehead atoms. The Morgan fingerprint density at radius 3 is 2.53 bits per heavy atom. The molecular formula is C13H18N2O3S. The van der Waals surface area contributed by atoms with Crippen LogP contribution in [0.5, 0.6) is 0 Å². The average molecular weight is 282 g/mol. The number of nitrogen functional groups attached to an aromatic ring is 1. The first kappa shape index (κ1) is 13.9. The number of rotatable bonds is 4. The predicted molar refractivity (Wildman–Crippen MR) is 74.6 cm³/mol. The molecule has 0 aromatic carbocycles. The summed E-state index contributed by atoms with van der Waals surface area (Å²) in [6.45, 7) is 3.86. The van der Waals surface area contributed by atoms with Gasteiger partial charge < -0.3 is 15.8 Å². The Morgan fingerprint density at radius 1 is 1.42 bits per heavy atom. The molecule has 0 spiro atoms. The number of thiophene rings is 1. The standard InChI is InChI=1S/C13H18N2O3S/c1-6(2)8-9(12(16)15-7-4-5-7)11(14)19-10(8)13(17)18-3/h6-7H,4-5,14H2,1-3H3,(H,15,16). The Hall–Kier alpha value is -1.56. The van der Waals surface area contributed by atoms with Crippen LogP contribution in [0.25, 0.3) is 0 Å². The maximum absolute atomic E-state index is 12.2. The first-order chi connectivity index (χ1) is 8.95. The molecule has 1 saturated carbocycles. The molecule has 1 heterocycles. The Kier molecular flexibility index (Phi) is 3.80. The first-order valence-electron chi connectivity index (χ1n) is 6.27. The number of hydrogen-bond acceptors (Lipinski definition) is 5. The lowest BCUT2D eigenvalue weighted by atomic mass is 9.98. The number of nitrogens with one attached hydrogen (secondary N) is 1. The van der Waals surface area contributed by atoms with Gasteiger partial charge in [-0.2, -0.15) is 0 Å². The van der Waals surface area contributed by atoms with Crippen molar-refractivity contribution in [1.29, 1.82) is 0 Å². The molecule has 3 N–H and O–H groups in total. The van der Waals surface area contributed by atoms with Gasteiger partial charge in [0.05, 0.1) is 17.7 Å². The molecule has 6 heteroatoms. The average Bonchev–Trinajstić information content (AvgIpc) is 3.08. The van der Waals surface area contributed by atoms with E-state index in [1.165, 1.54) is 7.11 Å². The van der Waals surface area contributed by atoms with Crippen molar-refractivity contribution in [2.24, 2.45) is 0 Å². The zero-order chi connectivity index (χ0) is 14.2. The van der Waals surface area contributed by atoms with Gasteiger partial charge in [-0.05, 0) is 24.3 Å². The smallest absolute Gasteiger partial charge is 0.348 e. The number of amides is 1. The number of esters is 1. The molecule has 19 heavy (non-hydrogen) atoms. The van der Waals surface area contributed by atoms with E-state index in [4.69, 9.17) is 10.5 Å². The van der Waals surface area contributed by atoms with Crippen LogP contribution >= 0.6 is 11.3 Å². The minimum absolute atomic E-state index is 0.0302. The maximum atomic E-state index is 12.2. The fraction of sp³-hybridized carbons (Fsp3) is 0.538. The van der Waals surface area contributed by atoms with Gasteiger partial charge in [0.2, 0.25) is 0 Å². The van der Waals surface area contributed by atoms with Crippen molar-refractivity contribution in [2.75, 3.05) is 12.8 Å². The van der Waals surface area contributed by atoms with Crippen LogP contribution in [0.4, 0.5) is 5.00 Å². The Balaban J connectivity index is 2.42. The molecule has 1 aromatic rings. The molecule has 1 amide bonds. The number of methoxy groups -OCH3 is 1. The molecule has 1 aliphatic carbocycles. The van der Waals surface area contributed by atoms with E-state index in [9.17, 15) is 9.59 Å². The van der Waals surface area contributed by atoms with Gasteiger partial charge >= 0.3 is 5.97 Å². The van der Waals surface area contributed by atoms with Gasteiger partial charge in [0.15, 0.2) is 0 Å². The van der Waals surface area contributed by atoms with Crippen molar-refractivity contribution in [1.82, 2.24) is 5.32 Å². The van der Waals surface area contributed by atoms with Gasteiger partial charge in [-0.25, -0.2) is 4.79 Å². The molecular weight excluding hydrogens is 264 g/mol. The number of carbonyl (C=O) groups excluding carboxylic acids is 2. The van der Waals surface area contributed by atoms with Gasteiger partial charge in [0.25, 0.3) is 5.91 Å². The second-order valence-corrected chi connectivity index (χ2v) is 6.03. The number of ether oxygens (including phenoxy) is 1. The van der Waals surface area contributed by atoms with E-state index in [1.807, 2.05) is 13.8 Å². The van der Waals surface area contributed by atoms with Crippen LogP contribution in [-0.2, 0) is 4.74 Å². The number of hydrogen-bond donors (Lipinski definition) is 2. The number of anilines is 1. The van der Waals surface area contributed by atoms with Crippen LogP contribution in [0.15, 0.2) is 0 Å². The predicted octanol–water partition coefficient (Wildman–Crippen LogP) is 2.13. The molecule has 1 aliphatic rings. The summed E-state index contributed by atoms with van der Waals surface area (Å²) in [5.74, 6) is -0.594. The van der Waals surface area contributed by atoms with E-state index in [2.05, 4.69) is 5.32 Å². The highest BCUT2D eigenvalue weighted by Crippen LogP contribution is 2.37. The largest absolute Gasteiger partial charge is 0.465 e. The van der Waals surface area contributed by atoms with Crippen molar-refractivity contribution in [2.45, 2.75) is 38.6 Å². The highest BCUT2D eigenvalue weighted by atomic mass is 32.1. The summed E-state index contributed by atoms with van der Waals surface area (Å²) >= 11 is 1.12. The molecule has 0 aliphatic heterocycles. The highest BCUT2D eigenvalue weighted by Gasteiger charge is 2.31. The van der Waals surface area contributed by atoms with Gasteiger partial charge in [-0.1, -0.05) is 13.8 Å². The van der Waals surface area contributed by atoms with Gasteiger partial charge in [-0.3, -0.25) is 4.79 Å². The van der Waals surface area contributed by atoms with E-state index in [1.54, 1.807) is 0 Å². The van der Waals surface area contributed by atoms with Gasteiger partial charge in [-0.15, -0.1) is 11.3 Å². The molecule has 104 valence electrons. The zero-order valence-electron chi connectivity index (χ0n) is 11.3. The van der Waals surface area contributed by atoms with Gasteiger partial charge in [0, 0.05) is 6.04 Å². The lowest BCUT2D eigenvalue weighted by Crippen LogP contribution is -2.27. The Labute approximate surface area is 116 Å². The van der Waals surface area contributed by atoms with Crippen LogP contribution < -0.4 is 11.1 Å². The molecule has 5 nitrogen and oxygen atoms in total. The van der Waals surface area contributed by atoms with E-state index in [0.717, 1.165) is 24.2 Å². The highest BCUT2D eigenvalue weighted by molar-refractivity contribution is 7.18. The second-order valence-electron chi connectivity index (χ2n) is 4.98. The maximum Gasteiger partial charge on any atom is 0.348 e.